The van der Waals surface area contributed by atoms with Gasteiger partial charge in [0.2, 0.25) is 0 Å². The highest BCUT2D eigenvalue weighted by molar-refractivity contribution is 5.80. The second-order valence-corrected chi connectivity index (χ2v) is 6.97. The molecule has 0 radical (unpaired) electrons. The zero-order valence-corrected chi connectivity index (χ0v) is 13.4. The maximum absolute atomic E-state index is 11.2. The number of carbonyl (C=O) groups is 1. The van der Waals surface area contributed by atoms with Crippen LogP contribution in [0.25, 0.3) is 0 Å². The lowest BCUT2D eigenvalue weighted by Crippen LogP contribution is -2.53. The van der Waals surface area contributed by atoms with Crippen LogP contribution in [0, 0.1) is 23.7 Å². The van der Waals surface area contributed by atoms with Gasteiger partial charge in [0.1, 0.15) is 5.60 Å². The summed E-state index contributed by atoms with van der Waals surface area (Å²) in [6.45, 7) is 6.15. The van der Waals surface area contributed by atoms with Crippen LogP contribution in [0.4, 0.5) is 0 Å². The number of hydrogen-bond donors (Lipinski definition) is 3. The summed E-state index contributed by atoms with van der Waals surface area (Å²) in [7, 11) is 0. The molecule has 0 bridgehead atoms. The predicted octanol–water partition coefficient (Wildman–Crippen LogP) is 2.53. The lowest BCUT2D eigenvalue weighted by molar-refractivity contribution is -0.131. The summed E-state index contributed by atoms with van der Waals surface area (Å²) in [5.41, 5.74) is -0.380. The molecular weight excluding hydrogens is 280 g/mol. The molecule has 6 atom stereocenters. The van der Waals surface area contributed by atoms with Gasteiger partial charge in [0.05, 0.1) is 6.10 Å². The van der Waals surface area contributed by atoms with Crippen molar-refractivity contribution in [3.05, 3.63) is 36.0 Å². The first kappa shape index (κ1) is 17.0. The number of hydrogen-bond acceptors (Lipinski definition) is 3. The molecule has 4 nitrogen and oxygen atoms in total. The topological polar surface area (TPSA) is 77.8 Å². The Morgan fingerprint density at radius 1 is 1.32 bits per heavy atom. The van der Waals surface area contributed by atoms with Gasteiger partial charge in [0, 0.05) is 12.0 Å². The minimum absolute atomic E-state index is 0.0422. The molecule has 0 aromatic rings. The van der Waals surface area contributed by atoms with Gasteiger partial charge in [-0.3, -0.25) is 0 Å². The normalized spacial score (nSPS) is 42.4. The highest BCUT2D eigenvalue weighted by Gasteiger charge is 2.51. The van der Waals surface area contributed by atoms with Crippen molar-refractivity contribution in [1.29, 1.82) is 0 Å². The average molecular weight is 306 g/mol. The highest BCUT2D eigenvalue weighted by atomic mass is 16.4. The van der Waals surface area contributed by atoms with Crippen molar-refractivity contribution in [2.45, 2.75) is 45.3 Å². The summed E-state index contributed by atoms with van der Waals surface area (Å²) in [5, 5.41) is 30.2. The fourth-order valence-corrected chi connectivity index (χ4v) is 4.38. The second-order valence-electron chi connectivity index (χ2n) is 6.97. The van der Waals surface area contributed by atoms with Gasteiger partial charge in [-0.1, -0.05) is 32.1 Å². The fourth-order valence-electron chi connectivity index (χ4n) is 4.38. The smallest absolute Gasteiger partial charge is 0.328 e. The summed E-state index contributed by atoms with van der Waals surface area (Å²) in [5.74, 6) is -0.178. The molecule has 22 heavy (non-hydrogen) atoms. The molecule has 0 heterocycles. The van der Waals surface area contributed by atoms with Crippen LogP contribution in [0.5, 0.6) is 0 Å². The van der Waals surface area contributed by atoms with E-state index in [1.54, 1.807) is 18.2 Å². The first-order chi connectivity index (χ1) is 10.3. The Labute approximate surface area is 131 Å². The molecule has 0 amide bonds. The molecule has 2 rings (SSSR count). The Kier molecular flexibility index (Phi) is 4.93. The SMILES string of the molecule is CC1=CC(O)C2CC(C)CC(C)C2C1(O)C=CC=CC(=O)O. The minimum atomic E-state index is -1.12. The van der Waals surface area contributed by atoms with Gasteiger partial charge in [-0.15, -0.1) is 0 Å². The molecule has 0 spiro atoms. The summed E-state index contributed by atoms with van der Waals surface area (Å²) >= 11 is 0. The molecule has 0 saturated heterocycles. The zero-order valence-electron chi connectivity index (χ0n) is 13.4. The molecule has 1 fully saturated rings. The molecule has 2 aliphatic carbocycles. The molecule has 0 aliphatic heterocycles. The van der Waals surface area contributed by atoms with E-state index in [2.05, 4.69) is 13.8 Å². The molecule has 2 aliphatic rings. The number of aliphatic carboxylic acids is 1. The van der Waals surface area contributed by atoms with Crippen molar-refractivity contribution in [3.63, 3.8) is 0 Å². The first-order valence-electron chi connectivity index (χ1n) is 7.94. The van der Waals surface area contributed by atoms with E-state index < -0.39 is 17.7 Å². The Morgan fingerprint density at radius 3 is 2.64 bits per heavy atom. The van der Waals surface area contributed by atoms with Gasteiger partial charge in [-0.05, 0) is 49.2 Å². The van der Waals surface area contributed by atoms with Gasteiger partial charge in [0.25, 0.3) is 0 Å². The Hall–Kier alpha value is -1.39. The number of carboxylic acid groups (broad SMARTS) is 1. The monoisotopic (exact) mass is 306 g/mol. The van der Waals surface area contributed by atoms with E-state index in [0.717, 1.165) is 24.5 Å². The fraction of sp³-hybridized carbons (Fsp3) is 0.611. The van der Waals surface area contributed by atoms with E-state index in [1.165, 1.54) is 6.08 Å². The maximum atomic E-state index is 11.2. The van der Waals surface area contributed by atoms with Crippen LogP contribution in [0.3, 0.4) is 0 Å². The third-order valence-electron chi connectivity index (χ3n) is 5.22. The van der Waals surface area contributed by atoms with Crippen LogP contribution < -0.4 is 0 Å². The largest absolute Gasteiger partial charge is 0.478 e. The number of allylic oxidation sites excluding steroid dienone is 2. The molecule has 122 valence electrons. The molecule has 6 unspecified atom stereocenters. The molecule has 0 aromatic heterocycles. The number of rotatable bonds is 3. The van der Waals surface area contributed by atoms with Crippen molar-refractivity contribution in [2.24, 2.45) is 23.7 Å². The summed E-state index contributed by atoms with van der Waals surface area (Å²) in [6.07, 6.45) is 8.89. The van der Waals surface area contributed by atoms with Crippen molar-refractivity contribution >= 4 is 5.97 Å². The quantitative estimate of drug-likeness (QED) is 0.425. The van der Waals surface area contributed by atoms with Crippen molar-refractivity contribution in [3.8, 4) is 0 Å². The van der Waals surface area contributed by atoms with Crippen LogP contribution in [0.1, 0.15) is 33.6 Å². The van der Waals surface area contributed by atoms with Gasteiger partial charge in [-0.25, -0.2) is 4.79 Å². The lowest BCUT2D eigenvalue weighted by atomic mass is 9.56. The Morgan fingerprint density at radius 2 is 2.00 bits per heavy atom. The third kappa shape index (κ3) is 3.18. The van der Waals surface area contributed by atoms with Crippen molar-refractivity contribution in [1.82, 2.24) is 0 Å². The van der Waals surface area contributed by atoms with E-state index in [4.69, 9.17) is 5.11 Å². The summed E-state index contributed by atoms with van der Waals surface area (Å²) in [4.78, 5) is 10.5. The van der Waals surface area contributed by atoms with Crippen LogP contribution >= 0.6 is 0 Å². The standard InChI is InChI=1S/C18H26O4/c1-11-8-12(2)17-14(9-11)15(19)10-13(3)18(17,22)7-5-4-6-16(20)21/h4-7,10-12,14-15,17,19,22H,8-9H2,1-3H3,(H,20,21). The summed E-state index contributed by atoms with van der Waals surface area (Å²) < 4.78 is 0. The summed E-state index contributed by atoms with van der Waals surface area (Å²) in [6, 6.07) is 0. The van der Waals surface area contributed by atoms with Gasteiger partial charge in [-0.2, -0.15) is 0 Å². The second kappa shape index (κ2) is 6.39. The van der Waals surface area contributed by atoms with Crippen LogP contribution in [-0.2, 0) is 4.79 Å². The van der Waals surface area contributed by atoms with Crippen LogP contribution in [0.2, 0.25) is 0 Å². The minimum Gasteiger partial charge on any atom is -0.478 e. The maximum Gasteiger partial charge on any atom is 0.328 e. The van der Waals surface area contributed by atoms with E-state index in [0.29, 0.717) is 11.8 Å². The van der Waals surface area contributed by atoms with E-state index >= 15 is 0 Å². The van der Waals surface area contributed by atoms with E-state index in [9.17, 15) is 15.0 Å². The van der Waals surface area contributed by atoms with E-state index in [1.807, 2.05) is 6.92 Å². The third-order valence-corrected chi connectivity index (χ3v) is 5.22. The van der Waals surface area contributed by atoms with Crippen LogP contribution in [0.15, 0.2) is 36.0 Å². The van der Waals surface area contributed by atoms with Crippen molar-refractivity contribution in [2.75, 3.05) is 0 Å². The Balaban J connectivity index is 2.34. The molecular formula is C18H26O4. The molecule has 4 heteroatoms. The number of aliphatic hydroxyl groups is 2. The lowest BCUT2D eigenvalue weighted by Gasteiger charge is -2.51. The number of aliphatic hydroxyl groups excluding tert-OH is 1. The molecule has 0 aromatic carbocycles. The van der Waals surface area contributed by atoms with Gasteiger partial charge >= 0.3 is 5.97 Å². The van der Waals surface area contributed by atoms with Gasteiger partial charge in [0.15, 0.2) is 0 Å². The first-order valence-corrected chi connectivity index (χ1v) is 7.94. The average Bonchev–Trinajstić information content (AvgIpc) is 2.40. The van der Waals surface area contributed by atoms with Crippen LogP contribution in [-0.4, -0.2) is 33.0 Å². The molecule has 1 saturated carbocycles. The highest BCUT2D eigenvalue weighted by Crippen LogP contribution is 2.50. The van der Waals surface area contributed by atoms with Gasteiger partial charge < -0.3 is 15.3 Å². The number of fused-ring (bicyclic) bond motifs is 1. The molecule has 3 N–H and O–H groups in total. The number of carboxylic acids is 1. The zero-order chi connectivity index (χ0) is 16.5. The Bertz CT molecular complexity index is 519. The van der Waals surface area contributed by atoms with Crippen molar-refractivity contribution < 1.29 is 20.1 Å². The predicted molar refractivity (Wildman–Crippen MR) is 85.2 cm³/mol. The van der Waals surface area contributed by atoms with E-state index in [-0.39, 0.29) is 11.8 Å².